The van der Waals surface area contributed by atoms with Gasteiger partial charge in [-0.2, -0.15) is 0 Å². The number of ether oxygens (including phenoxy) is 1. The van der Waals surface area contributed by atoms with Crippen LogP contribution in [0.5, 0.6) is 0 Å². The first kappa shape index (κ1) is 26.5. The number of carbonyl (C=O) groups is 2. The summed E-state index contributed by atoms with van der Waals surface area (Å²) in [5.41, 5.74) is 3.26. The smallest absolute Gasteiger partial charge is 0.253 e. The number of likely N-dealkylation sites (tertiary alicyclic amines) is 1. The molecular formula is C29H34Cl2N2O4. The van der Waals surface area contributed by atoms with E-state index in [0.717, 1.165) is 61.8 Å². The molecule has 2 aromatic carbocycles. The molecular weight excluding hydrogens is 511 g/mol. The van der Waals surface area contributed by atoms with Crippen molar-refractivity contribution in [3.05, 3.63) is 57.6 Å². The van der Waals surface area contributed by atoms with Crippen LogP contribution >= 0.6 is 23.2 Å². The molecule has 5 rings (SSSR count). The zero-order valence-corrected chi connectivity index (χ0v) is 22.5. The molecule has 2 amide bonds. The zero-order chi connectivity index (χ0) is 25.9. The number of hydrogen-bond donors (Lipinski definition) is 1. The zero-order valence-electron chi connectivity index (χ0n) is 21.0. The van der Waals surface area contributed by atoms with Crippen LogP contribution in [-0.4, -0.2) is 71.7 Å². The molecule has 2 aromatic rings. The van der Waals surface area contributed by atoms with Gasteiger partial charge in [-0.05, 0) is 85.9 Å². The van der Waals surface area contributed by atoms with Crippen molar-refractivity contribution in [1.82, 2.24) is 9.80 Å². The Kier molecular flexibility index (Phi) is 8.40. The van der Waals surface area contributed by atoms with Gasteiger partial charge in [-0.3, -0.25) is 9.59 Å². The van der Waals surface area contributed by atoms with Gasteiger partial charge in [0.25, 0.3) is 5.91 Å². The number of nitrogens with zero attached hydrogens (tertiary/aromatic N) is 2. The van der Waals surface area contributed by atoms with Crippen molar-refractivity contribution in [3.8, 4) is 11.1 Å². The Morgan fingerprint density at radius 3 is 2.32 bits per heavy atom. The number of benzene rings is 2. The topological polar surface area (TPSA) is 70.1 Å². The van der Waals surface area contributed by atoms with Crippen molar-refractivity contribution in [2.45, 2.75) is 57.1 Å². The number of aliphatic hydroxyl groups excluding tert-OH is 1. The molecule has 1 atom stereocenters. The Morgan fingerprint density at radius 2 is 1.62 bits per heavy atom. The minimum atomic E-state index is -0.230. The van der Waals surface area contributed by atoms with E-state index in [1.165, 1.54) is 0 Å². The van der Waals surface area contributed by atoms with E-state index in [1.54, 1.807) is 0 Å². The van der Waals surface area contributed by atoms with Crippen LogP contribution in [0.15, 0.2) is 36.4 Å². The van der Waals surface area contributed by atoms with Crippen LogP contribution in [0.25, 0.3) is 11.1 Å². The molecule has 1 N–H and O–H groups in total. The fourth-order valence-corrected chi connectivity index (χ4v) is 6.47. The van der Waals surface area contributed by atoms with Crippen molar-refractivity contribution in [2.24, 2.45) is 5.92 Å². The SMILES string of the molecule is O=C(c1ccc(-c2cc(Cl)c(C[C@@H]3CCN([C@H]4CC[C@@H](O)CC4)C3=O)c(Cl)c2)cc1)N1CCCOCC1. The Hall–Kier alpha value is -2.12. The van der Waals surface area contributed by atoms with Gasteiger partial charge in [0.1, 0.15) is 0 Å². The second-order valence-corrected chi connectivity index (χ2v) is 11.3. The molecule has 0 unspecified atom stereocenters. The summed E-state index contributed by atoms with van der Waals surface area (Å²) in [6.07, 6.45) is 5.20. The third kappa shape index (κ3) is 5.98. The highest BCUT2D eigenvalue weighted by molar-refractivity contribution is 6.36. The molecule has 0 aromatic heterocycles. The molecule has 0 bridgehead atoms. The molecule has 0 spiro atoms. The highest BCUT2D eigenvalue weighted by Gasteiger charge is 2.37. The van der Waals surface area contributed by atoms with Crippen LogP contribution in [-0.2, 0) is 16.0 Å². The molecule has 3 fully saturated rings. The van der Waals surface area contributed by atoms with Crippen molar-refractivity contribution >= 4 is 35.0 Å². The first-order valence-electron chi connectivity index (χ1n) is 13.3. The maximum atomic E-state index is 13.2. The lowest BCUT2D eigenvalue weighted by molar-refractivity contribution is -0.133. The van der Waals surface area contributed by atoms with Gasteiger partial charge in [0.05, 0.1) is 12.7 Å². The van der Waals surface area contributed by atoms with Crippen LogP contribution in [0, 0.1) is 5.92 Å². The number of carbonyl (C=O) groups excluding carboxylic acids is 2. The molecule has 1 aliphatic carbocycles. The van der Waals surface area contributed by atoms with E-state index in [-0.39, 0.29) is 29.9 Å². The van der Waals surface area contributed by atoms with Gasteiger partial charge in [-0.1, -0.05) is 35.3 Å². The Labute approximate surface area is 228 Å². The monoisotopic (exact) mass is 544 g/mol. The summed E-state index contributed by atoms with van der Waals surface area (Å²) >= 11 is 13.4. The molecule has 2 saturated heterocycles. The Balaban J connectivity index is 1.25. The third-order valence-electron chi connectivity index (χ3n) is 8.02. The van der Waals surface area contributed by atoms with Gasteiger partial charge >= 0.3 is 0 Å². The fourth-order valence-electron chi connectivity index (χ4n) is 5.83. The lowest BCUT2D eigenvalue weighted by Gasteiger charge is -2.33. The number of hydrogen-bond acceptors (Lipinski definition) is 4. The average Bonchev–Trinajstić information content (AvgIpc) is 3.08. The summed E-state index contributed by atoms with van der Waals surface area (Å²) in [4.78, 5) is 29.9. The lowest BCUT2D eigenvalue weighted by atomic mass is 9.92. The Morgan fingerprint density at radius 1 is 0.919 bits per heavy atom. The number of amides is 2. The summed E-state index contributed by atoms with van der Waals surface area (Å²) in [6, 6.07) is 11.5. The first-order valence-corrected chi connectivity index (χ1v) is 14.1. The van der Waals surface area contributed by atoms with Gasteiger partial charge in [0.2, 0.25) is 5.91 Å². The quantitative estimate of drug-likeness (QED) is 0.560. The predicted octanol–water partition coefficient (Wildman–Crippen LogP) is 5.22. The first-order chi connectivity index (χ1) is 17.9. The van der Waals surface area contributed by atoms with Crippen molar-refractivity contribution in [1.29, 1.82) is 0 Å². The van der Waals surface area contributed by atoms with E-state index in [0.29, 0.717) is 48.3 Å². The molecule has 2 aliphatic heterocycles. The van der Waals surface area contributed by atoms with Crippen LogP contribution in [0.3, 0.4) is 0 Å². The molecule has 0 radical (unpaired) electrons. The van der Waals surface area contributed by atoms with Gasteiger partial charge in [-0.15, -0.1) is 0 Å². The highest BCUT2D eigenvalue weighted by atomic mass is 35.5. The predicted molar refractivity (Wildman–Crippen MR) is 145 cm³/mol. The molecule has 198 valence electrons. The second kappa shape index (κ2) is 11.7. The van der Waals surface area contributed by atoms with Gasteiger partial charge < -0.3 is 19.6 Å². The fraction of sp³-hybridized carbons (Fsp3) is 0.517. The average molecular weight is 546 g/mol. The minimum absolute atomic E-state index is 0.0168. The molecule has 6 nitrogen and oxygen atoms in total. The van der Waals surface area contributed by atoms with Gasteiger partial charge in [-0.25, -0.2) is 0 Å². The highest BCUT2D eigenvalue weighted by Crippen LogP contribution is 2.36. The maximum Gasteiger partial charge on any atom is 0.253 e. The minimum Gasteiger partial charge on any atom is -0.393 e. The molecule has 3 aliphatic rings. The molecule has 37 heavy (non-hydrogen) atoms. The molecule has 1 saturated carbocycles. The number of rotatable bonds is 5. The lowest BCUT2D eigenvalue weighted by Crippen LogP contribution is -2.41. The van der Waals surface area contributed by atoms with E-state index in [4.69, 9.17) is 27.9 Å². The molecule has 8 heteroatoms. The van der Waals surface area contributed by atoms with E-state index >= 15 is 0 Å². The summed E-state index contributed by atoms with van der Waals surface area (Å²) in [7, 11) is 0. The second-order valence-electron chi connectivity index (χ2n) is 10.4. The van der Waals surface area contributed by atoms with Crippen molar-refractivity contribution in [3.63, 3.8) is 0 Å². The largest absolute Gasteiger partial charge is 0.393 e. The number of halogens is 2. The van der Waals surface area contributed by atoms with Crippen LogP contribution in [0.4, 0.5) is 0 Å². The van der Waals surface area contributed by atoms with E-state index in [1.807, 2.05) is 46.2 Å². The van der Waals surface area contributed by atoms with E-state index < -0.39 is 0 Å². The van der Waals surface area contributed by atoms with Crippen LogP contribution < -0.4 is 0 Å². The summed E-state index contributed by atoms with van der Waals surface area (Å²) in [5, 5.41) is 10.9. The normalized spacial score (nSPS) is 24.8. The van der Waals surface area contributed by atoms with E-state index in [2.05, 4.69) is 0 Å². The standard InChI is InChI=1S/C29H34Cl2N2O4/c30-26-17-22(19-2-4-20(5-3-19)28(35)32-11-1-14-37-15-13-32)18-27(31)25(26)16-21-10-12-33(29(21)36)23-6-8-24(34)9-7-23/h2-5,17-18,21,23-24,34H,1,6-16H2/t21-,23-,24+/m0/s1. The van der Waals surface area contributed by atoms with Gasteiger partial charge in [0, 0.05) is 53.8 Å². The summed E-state index contributed by atoms with van der Waals surface area (Å²) < 4.78 is 5.46. The van der Waals surface area contributed by atoms with Crippen LogP contribution in [0.1, 0.15) is 54.4 Å². The maximum absolute atomic E-state index is 13.2. The van der Waals surface area contributed by atoms with E-state index in [9.17, 15) is 14.7 Å². The summed E-state index contributed by atoms with van der Waals surface area (Å²) in [5.74, 6) is 0.0688. The van der Waals surface area contributed by atoms with Crippen molar-refractivity contribution in [2.75, 3.05) is 32.8 Å². The summed E-state index contributed by atoms with van der Waals surface area (Å²) in [6.45, 7) is 3.34. The Bertz CT molecular complexity index is 1100. The van der Waals surface area contributed by atoms with Gasteiger partial charge in [0.15, 0.2) is 0 Å². The number of aliphatic hydroxyl groups is 1. The third-order valence-corrected chi connectivity index (χ3v) is 8.70. The van der Waals surface area contributed by atoms with Crippen molar-refractivity contribution < 1.29 is 19.4 Å². The van der Waals surface area contributed by atoms with Crippen LogP contribution in [0.2, 0.25) is 10.0 Å². The molecule has 2 heterocycles.